The maximum absolute atomic E-state index is 11.6. The molecule has 0 N–H and O–H groups in total. The number of nitrogens with zero attached hydrogens (tertiary/aromatic N) is 4. The monoisotopic (exact) mass is 268 g/mol. The van der Waals surface area contributed by atoms with E-state index in [1.807, 2.05) is 14.0 Å². The van der Waals surface area contributed by atoms with Gasteiger partial charge in [0.25, 0.3) is 0 Å². The molecule has 0 atom stereocenters. The molecule has 0 saturated heterocycles. The number of methoxy groups -OCH3 is 1. The molecule has 0 bridgehead atoms. The minimum atomic E-state index is -0.420. The van der Waals surface area contributed by atoms with Crippen LogP contribution in [0.2, 0.25) is 5.15 Å². The molecule has 0 aliphatic carbocycles. The predicted molar refractivity (Wildman–Crippen MR) is 65.6 cm³/mol. The average molecular weight is 269 g/mol. The van der Waals surface area contributed by atoms with E-state index in [-0.39, 0.29) is 0 Å². The number of aryl methyl sites for hydroxylation is 1. The van der Waals surface area contributed by atoms with Gasteiger partial charge in [0, 0.05) is 7.05 Å². The summed E-state index contributed by atoms with van der Waals surface area (Å²) in [5.74, 6) is 1.04. The van der Waals surface area contributed by atoms with Gasteiger partial charge in [-0.15, -0.1) is 0 Å². The highest BCUT2D eigenvalue weighted by Crippen LogP contribution is 2.13. The lowest BCUT2D eigenvalue weighted by molar-refractivity contribution is 0.0588. The van der Waals surface area contributed by atoms with E-state index in [9.17, 15) is 4.79 Å². The number of rotatable bonds is 3. The van der Waals surface area contributed by atoms with Crippen molar-refractivity contribution in [1.29, 1.82) is 0 Å². The summed E-state index contributed by atoms with van der Waals surface area (Å²) in [4.78, 5) is 19.9. The van der Waals surface area contributed by atoms with Crippen LogP contribution in [0, 0.1) is 6.92 Å². The van der Waals surface area contributed by atoms with Crippen molar-refractivity contribution in [2.24, 2.45) is 7.05 Å². The van der Waals surface area contributed by atoms with Gasteiger partial charge in [0.1, 0.15) is 22.5 Å². The summed E-state index contributed by atoms with van der Waals surface area (Å²) in [5.41, 5.74) is 0.397. The van der Waals surface area contributed by atoms with Crippen LogP contribution in [0.1, 0.15) is 22.1 Å². The fourth-order valence-electron chi connectivity index (χ4n) is 1.65. The highest BCUT2D eigenvalue weighted by atomic mass is 35.5. The lowest BCUT2D eigenvalue weighted by atomic mass is 10.4. The zero-order chi connectivity index (χ0) is 13.3. The van der Waals surface area contributed by atoms with Crippen molar-refractivity contribution in [1.82, 2.24) is 19.1 Å². The van der Waals surface area contributed by atoms with Crippen LogP contribution < -0.4 is 0 Å². The highest BCUT2D eigenvalue weighted by molar-refractivity contribution is 6.29. The van der Waals surface area contributed by atoms with Crippen molar-refractivity contribution in [2.75, 3.05) is 7.11 Å². The van der Waals surface area contributed by atoms with E-state index in [2.05, 4.69) is 9.97 Å². The molecular weight excluding hydrogens is 256 g/mol. The van der Waals surface area contributed by atoms with Gasteiger partial charge in [0.05, 0.1) is 26.0 Å². The van der Waals surface area contributed by atoms with Gasteiger partial charge in [-0.25, -0.2) is 14.8 Å². The first-order valence-corrected chi connectivity index (χ1v) is 5.69. The third-order valence-corrected chi connectivity index (χ3v) is 3.13. The summed E-state index contributed by atoms with van der Waals surface area (Å²) in [7, 11) is 3.15. The molecule has 0 radical (unpaired) electrons. The van der Waals surface area contributed by atoms with Gasteiger partial charge in [-0.3, -0.25) is 0 Å². The van der Waals surface area contributed by atoms with E-state index in [1.165, 1.54) is 13.3 Å². The Labute approximate surface area is 109 Å². The number of carbonyl (C=O) groups excluding carboxylic acids is 1. The molecule has 0 unspecified atom stereocenters. The molecule has 0 spiro atoms. The molecule has 0 aromatic carbocycles. The van der Waals surface area contributed by atoms with E-state index in [1.54, 1.807) is 15.3 Å². The minimum absolute atomic E-state index is 0.397. The average Bonchev–Trinajstić information content (AvgIpc) is 2.87. The fourth-order valence-corrected chi connectivity index (χ4v) is 1.79. The van der Waals surface area contributed by atoms with Crippen molar-refractivity contribution in [3.05, 3.63) is 34.9 Å². The number of hydrogen-bond acceptors (Lipinski definition) is 4. The maximum atomic E-state index is 11.6. The third-order valence-electron chi connectivity index (χ3n) is 2.78. The Kier molecular flexibility index (Phi) is 3.38. The number of imidazole rings is 2. The van der Waals surface area contributed by atoms with E-state index in [0.717, 1.165) is 11.6 Å². The van der Waals surface area contributed by atoms with Crippen LogP contribution in [-0.4, -0.2) is 32.2 Å². The summed E-state index contributed by atoms with van der Waals surface area (Å²) in [6.45, 7) is 2.23. The summed E-state index contributed by atoms with van der Waals surface area (Å²) in [5, 5.41) is 0.544. The van der Waals surface area contributed by atoms with Gasteiger partial charge in [0.2, 0.25) is 0 Å². The van der Waals surface area contributed by atoms with E-state index < -0.39 is 5.97 Å². The summed E-state index contributed by atoms with van der Waals surface area (Å²) >= 11 is 5.92. The molecule has 0 saturated carbocycles. The summed E-state index contributed by atoms with van der Waals surface area (Å²) in [6, 6.07) is 0. The van der Waals surface area contributed by atoms with Crippen molar-refractivity contribution in [3.8, 4) is 0 Å². The van der Waals surface area contributed by atoms with Gasteiger partial charge >= 0.3 is 5.97 Å². The second-order valence-corrected chi connectivity index (χ2v) is 4.21. The second kappa shape index (κ2) is 4.81. The van der Waals surface area contributed by atoms with Crippen LogP contribution in [0.15, 0.2) is 12.4 Å². The van der Waals surface area contributed by atoms with Gasteiger partial charge in [-0.1, -0.05) is 11.6 Å². The number of ether oxygens (including phenoxy) is 1. The Hall–Kier alpha value is -1.82. The number of esters is 1. The highest BCUT2D eigenvalue weighted by Gasteiger charge is 2.16. The van der Waals surface area contributed by atoms with E-state index >= 15 is 0 Å². The SMILES string of the molecule is COC(=O)c1cnc(C)n1Cc1ncc(Cl)n1C. The number of carbonyl (C=O) groups is 1. The molecule has 0 amide bonds. The van der Waals surface area contributed by atoms with Gasteiger partial charge < -0.3 is 13.9 Å². The van der Waals surface area contributed by atoms with E-state index in [0.29, 0.717) is 17.4 Å². The Morgan fingerprint density at radius 1 is 1.44 bits per heavy atom. The van der Waals surface area contributed by atoms with Crippen molar-refractivity contribution in [2.45, 2.75) is 13.5 Å². The van der Waals surface area contributed by atoms with E-state index in [4.69, 9.17) is 16.3 Å². The van der Waals surface area contributed by atoms with Crippen LogP contribution in [0.3, 0.4) is 0 Å². The molecule has 0 aliphatic rings. The molecule has 2 rings (SSSR count). The van der Waals surface area contributed by atoms with Gasteiger partial charge in [0.15, 0.2) is 0 Å². The summed E-state index contributed by atoms with van der Waals surface area (Å²) < 4.78 is 8.20. The topological polar surface area (TPSA) is 61.9 Å². The van der Waals surface area contributed by atoms with Crippen LogP contribution in [-0.2, 0) is 18.3 Å². The molecular formula is C11H13ClN4O2. The normalized spacial score (nSPS) is 10.7. The Bertz CT molecular complexity index is 588. The number of hydrogen-bond donors (Lipinski definition) is 0. The quantitative estimate of drug-likeness (QED) is 0.790. The molecule has 2 aromatic heterocycles. The van der Waals surface area contributed by atoms with Gasteiger partial charge in [-0.05, 0) is 6.92 Å². The first-order valence-electron chi connectivity index (χ1n) is 5.31. The first kappa shape index (κ1) is 12.6. The largest absolute Gasteiger partial charge is 0.464 e. The summed E-state index contributed by atoms with van der Waals surface area (Å²) in [6.07, 6.45) is 3.06. The van der Waals surface area contributed by atoms with Crippen LogP contribution in [0.4, 0.5) is 0 Å². The van der Waals surface area contributed by atoms with Crippen molar-refractivity contribution in [3.63, 3.8) is 0 Å². The van der Waals surface area contributed by atoms with Crippen molar-refractivity contribution < 1.29 is 9.53 Å². The molecule has 2 heterocycles. The smallest absolute Gasteiger partial charge is 0.356 e. The lowest BCUT2D eigenvalue weighted by Crippen LogP contribution is -2.14. The predicted octanol–water partition coefficient (Wildman–Crippen LogP) is 1.41. The lowest BCUT2D eigenvalue weighted by Gasteiger charge is -2.09. The molecule has 96 valence electrons. The van der Waals surface area contributed by atoms with Crippen molar-refractivity contribution >= 4 is 17.6 Å². The molecule has 0 fully saturated rings. The van der Waals surface area contributed by atoms with Crippen LogP contribution >= 0.6 is 11.6 Å². The Morgan fingerprint density at radius 3 is 2.72 bits per heavy atom. The molecule has 2 aromatic rings. The van der Waals surface area contributed by atoms with Crippen LogP contribution in [0.25, 0.3) is 0 Å². The zero-order valence-electron chi connectivity index (χ0n) is 10.3. The number of halogens is 1. The Morgan fingerprint density at radius 2 is 2.17 bits per heavy atom. The molecule has 6 nitrogen and oxygen atoms in total. The third kappa shape index (κ3) is 2.11. The number of aromatic nitrogens is 4. The Balaban J connectivity index is 2.37. The molecule has 7 heteroatoms. The maximum Gasteiger partial charge on any atom is 0.356 e. The molecule has 18 heavy (non-hydrogen) atoms. The van der Waals surface area contributed by atoms with Crippen LogP contribution in [0.5, 0.6) is 0 Å². The van der Waals surface area contributed by atoms with Gasteiger partial charge in [-0.2, -0.15) is 0 Å². The fraction of sp³-hybridized carbons (Fsp3) is 0.364. The molecule has 0 aliphatic heterocycles. The first-order chi connectivity index (χ1) is 8.54. The zero-order valence-corrected chi connectivity index (χ0v) is 11.1. The standard InChI is InChI=1S/C11H13ClN4O2/c1-7-13-4-8(11(17)18-3)16(7)6-10-14-5-9(12)15(10)2/h4-5H,6H2,1-3H3. The second-order valence-electron chi connectivity index (χ2n) is 3.82. The minimum Gasteiger partial charge on any atom is -0.464 e.